The SMILES string of the molecule is Cc1ccc2[nH]c(C)c(CC(=O)N3CCC[C@@H](c4nnc(-c5ccsc5)o4)C3)c2c1. The zero-order valence-corrected chi connectivity index (χ0v) is 18.0. The average Bonchev–Trinajstić information content (AvgIpc) is 3.49. The van der Waals surface area contributed by atoms with Gasteiger partial charge in [-0.1, -0.05) is 11.6 Å². The van der Waals surface area contributed by atoms with Crippen LogP contribution in [0.2, 0.25) is 0 Å². The standard InChI is InChI=1S/C23H24N4O2S/c1-14-5-6-20-19(10-14)18(15(2)24-20)11-21(28)27-8-3-4-16(12-27)22-25-26-23(29-22)17-7-9-30-13-17/h5-7,9-10,13,16,24H,3-4,8,11-12H2,1-2H3/t16-/m1/s1. The molecule has 1 aliphatic rings. The van der Waals surface area contributed by atoms with Gasteiger partial charge in [0.25, 0.3) is 0 Å². The molecule has 0 aliphatic carbocycles. The maximum atomic E-state index is 13.2. The Morgan fingerprint density at radius 2 is 2.20 bits per heavy atom. The van der Waals surface area contributed by atoms with Crippen molar-refractivity contribution in [3.63, 3.8) is 0 Å². The number of aryl methyl sites for hydroxylation is 2. The molecule has 1 atom stereocenters. The minimum absolute atomic E-state index is 0.0916. The fourth-order valence-corrected chi connectivity index (χ4v) is 4.92. The van der Waals surface area contributed by atoms with E-state index >= 15 is 0 Å². The number of rotatable bonds is 4. The lowest BCUT2D eigenvalue weighted by Crippen LogP contribution is -2.40. The third kappa shape index (κ3) is 3.54. The van der Waals surface area contributed by atoms with E-state index in [0.29, 0.717) is 24.7 Å². The van der Waals surface area contributed by atoms with Gasteiger partial charge >= 0.3 is 0 Å². The van der Waals surface area contributed by atoms with Gasteiger partial charge in [-0.15, -0.1) is 10.2 Å². The molecule has 30 heavy (non-hydrogen) atoms. The number of nitrogens with one attached hydrogen (secondary N) is 1. The minimum Gasteiger partial charge on any atom is -0.420 e. The molecule has 1 aromatic carbocycles. The zero-order valence-electron chi connectivity index (χ0n) is 17.1. The second kappa shape index (κ2) is 7.72. The number of thiophene rings is 1. The van der Waals surface area contributed by atoms with E-state index in [4.69, 9.17) is 4.42 Å². The Bertz CT molecular complexity index is 1190. The Hall–Kier alpha value is -2.93. The van der Waals surface area contributed by atoms with Gasteiger partial charge < -0.3 is 14.3 Å². The Morgan fingerprint density at radius 3 is 3.03 bits per heavy atom. The number of nitrogens with zero attached hydrogens (tertiary/aromatic N) is 3. The molecule has 0 bridgehead atoms. The largest absolute Gasteiger partial charge is 0.420 e. The predicted octanol–water partition coefficient (Wildman–Crippen LogP) is 4.84. The van der Waals surface area contributed by atoms with Crippen molar-refractivity contribution in [1.82, 2.24) is 20.1 Å². The fourth-order valence-electron chi connectivity index (χ4n) is 4.29. The normalized spacial score (nSPS) is 17.0. The molecular formula is C23H24N4O2S. The highest BCUT2D eigenvalue weighted by Gasteiger charge is 2.29. The van der Waals surface area contributed by atoms with E-state index < -0.39 is 0 Å². The Balaban J connectivity index is 1.32. The molecule has 154 valence electrons. The highest BCUT2D eigenvalue weighted by molar-refractivity contribution is 7.08. The van der Waals surface area contributed by atoms with Crippen molar-refractivity contribution in [2.45, 2.75) is 39.0 Å². The molecule has 0 radical (unpaired) electrons. The van der Waals surface area contributed by atoms with Crippen LogP contribution in [0.25, 0.3) is 22.4 Å². The molecule has 1 amide bonds. The maximum Gasteiger partial charge on any atom is 0.248 e. The molecule has 7 heteroatoms. The van der Waals surface area contributed by atoms with Gasteiger partial charge in [0.05, 0.1) is 12.3 Å². The summed E-state index contributed by atoms with van der Waals surface area (Å²) >= 11 is 1.60. The third-order valence-corrected chi connectivity index (χ3v) is 6.62. The molecule has 1 aliphatic heterocycles. The van der Waals surface area contributed by atoms with Crippen LogP contribution in [0.3, 0.4) is 0 Å². The summed E-state index contributed by atoms with van der Waals surface area (Å²) in [7, 11) is 0. The number of H-pyrrole nitrogens is 1. The van der Waals surface area contributed by atoms with Gasteiger partial charge in [-0.3, -0.25) is 4.79 Å². The number of carbonyl (C=O) groups excluding carboxylic acids is 1. The fraction of sp³-hybridized carbons (Fsp3) is 0.348. The molecule has 3 aromatic heterocycles. The summed E-state index contributed by atoms with van der Waals surface area (Å²) in [5, 5.41) is 13.6. The molecule has 0 saturated carbocycles. The number of likely N-dealkylation sites (tertiary alicyclic amines) is 1. The summed E-state index contributed by atoms with van der Waals surface area (Å²) in [6, 6.07) is 8.31. The van der Waals surface area contributed by atoms with Crippen LogP contribution in [-0.2, 0) is 11.2 Å². The number of fused-ring (bicyclic) bond motifs is 1. The van der Waals surface area contributed by atoms with Crippen molar-refractivity contribution in [3.8, 4) is 11.5 Å². The summed E-state index contributed by atoms with van der Waals surface area (Å²) in [5.41, 5.74) is 5.40. The van der Waals surface area contributed by atoms with Gasteiger partial charge in [0.1, 0.15) is 0 Å². The first-order valence-electron chi connectivity index (χ1n) is 10.3. The highest BCUT2D eigenvalue weighted by Crippen LogP contribution is 2.30. The number of aromatic amines is 1. The van der Waals surface area contributed by atoms with E-state index in [-0.39, 0.29) is 11.8 Å². The van der Waals surface area contributed by atoms with Crippen molar-refractivity contribution in [1.29, 1.82) is 0 Å². The van der Waals surface area contributed by atoms with Crippen molar-refractivity contribution in [2.75, 3.05) is 13.1 Å². The van der Waals surface area contributed by atoms with Crippen molar-refractivity contribution in [3.05, 3.63) is 57.7 Å². The topological polar surface area (TPSA) is 75.0 Å². The summed E-state index contributed by atoms with van der Waals surface area (Å²) in [6.07, 6.45) is 2.31. The minimum atomic E-state index is 0.0916. The summed E-state index contributed by atoms with van der Waals surface area (Å²) in [5.74, 6) is 1.43. The van der Waals surface area contributed by atoms with Crippen molar-refractivity contribution in [2.24, 2.45) is 0 Å². The Kier molecular flexibility index (Phi) is 4.90. The van der Waals surface area contributed by atoms with Crippen LogP contribution in [0.5, 0.6) is 0 Å². The summed E-state index contributed by atoms with van der Waals surface area (Å²) < 4.78 is 5.93. The third-order valence-electron chi connectivity index (χ3n) is 5.94. The number of hydrogen-bond acceptors (Lipinski definition) is 5. The van der Waals surface area contributed by atoms with Crippen LogP contribution in [0.1, 0.15) is 41.5 Å². The number of benzene rings is 1. The lowest BCUT2D eigenvalue weighted by molar-refractivity contribution is -0.131. The van der Waals surface area contributed by atoms with E-state index in [2.05, 4.69) is 40.3 Å². The van der Waals surface area contributed by atoms with E-state index in [9.17, 15) is 4.79 Å². The first-order valence-corrected chi connectivity index (χ1v) is 11.2. The predicted molar refractivity (Wildman–Crippen MR) is 118 cm³/mol. The van der Waals surface area contributed by atoms with Gasteiger partial charge in [-0.2, -0.15) is 11.3 Å². The molecule has 4 heterocycles. The molecular weight excluding hydrogens is 396 g/mol. The number of aromatic nitrogens is 3. The maximum absolute atomic E-state index is 13.2. The van der Waals surface area contributed by atoms with E-state index in [1.807, 2.05) is 28.7 Å². The van der Waals surface area contributed by atoms with E-state index in [1.54, 1.807) is 11.3 Å². The Labute approximate surface area is 178 Å². The van der Waals surface area contributed by atoms with Crippen LogP contribution in [0.15, 0.2) is 39.4 Å². The lowest BCUT2D eigenvalue weighted by atomic mass is 9.97. The van der Waals surface area contributed by atoms with Gasteiger partial charge in [0.15, 0.2) is 0 Å². The van der Waals surface area contributed by atoms with Crippen LogP contribution in [-0.4, -0.2) is 39.1 Å². The molecule has 4 aromatic rings. The number of amides is 1. The highest BCUT2D eigenvalue weighted by atomic mass is 32.1. The van der Waals surface area contributed by atoms with E-state index in [1.165, 1.54) is 5.56 Å². The molecule has 5 rings (SSSR count). The molecule has 1 saturated heterocycles. The smallest absolute Gasteiger partial charge is 0.248 e. The number of carbonyl (C=O) groups is 1. The molecule has 0 spiro atoms. The first kappa shape index (κ1) is 19.1. The molecule has 1 fully saturated rings. The average molecular weight is 421 g/mol. The number of hydrogen-bond donors (Lipinski definition) is 1. The lowest BCUT2D eigenvalue weighted by Gasteiger charge is -2.31. The number of piperidine rings is 1. The van der Waals surface area contributed by atoms with Crippen LogP contribution < -0.4 is 0 Å². The van der Waals surface area contributed by atoms with Crippen LogP contribution >= 0.6 is 11.3 Å². The van der Waals surface area contributed by atoms with Crippen LogP contribution in [0, 0.1) is 13.8 Å². The van der Waals surface area contributed by atoms with Gasteiger partial charge in [0.2, 0.25) is 17.7 Å². The zero-order chi connectivity index (χ0) is 20.7. The first-order chi connectivity index (χ1) is 14.6. The molecule has 1 N–H and O–H groups in total. The summed E-state index contributed by atoms with van der Waals surface area (Å²) in [6.45, 7) is 5.53. The summed E-state index contributed by atoms with van der Waals surface area (Å²) in [4.78, 5) is 18.5. The second-order valence-corrected chi connectivity index (χ2v) is 8.87. The monoisotopic (exact) mass is 420 g/mol. The molecule has 0 unspecified atom stereocenters. The van der Waals surface area contributed by atoms with Gasteiger partial charge in [-0.05, 0) is 55.8 Å². The Morgan fingerprint density at radius 1 is 1.30 bits per heavy atom. The van der Waals surface area contributed by atoms with Gasteiger partial charge in [0, 0.05) is 40.6 Å². The van der Waals surface area contributed by atoms with Gasteiger partial charge in [-0.25, -0.2) is 0 Å². The van der Waals surface area contributed by atoms with E-state index in [0.717, 1.165) is 47.1 Å². The van der Waals surface area contributed by atoms with Crippen LogP contribution in [0.4, 0.5) is 0 Å². The quantitative estimate of drug-likeness (QED) is 0.512. The van der Waals surface area contributed by atoms with Crippen molar-refractivity contribution >= 4 is 28.1 Å². The second-order valence-electron chi connectivity index (χ2n) is 8.09. The van der Waals surface area contributed by atoms with Crippen molar-refractivity contribution < 1.29 is 9.21 Å². The molecule has 6 nitrogen and oxygen atoms in total.